The average Bonchev–Trinajstić information content (AvgIpc) is 2.98. The summed E-state index contributed by atoms with van der Waals surface area (Å²) in [6.45, 7) is 5.08. The third kappa shape index (κ3) is 5.92. The van der Waals surface area contributed by atoms with Crippen LogP contribution < -0.4 is 10.0 Å². The van der Waals surface area contributed by atoms with E-state index in [4.69, 9.17) is 4.98 Å². The van der Waals surface area contributed by atoms with Gasteiger partial charge in [-0.1, -0.05) is 32.0 Å². The maximum Gasteiger partial charge on any atom is 0.278 e. The molecule has 1 aromatic carbocycles. The van der Waals surface area contributed by atoms with Crippen molar-refractivity contribution in [2.45, 2.75) is 31.6 Å². The van der Waals surface area contributed by atoms with E-state index in [0.29, 0.717) is 19.5 Å². The second kappa shape index (κ2) is 10.4. The van der Waals surface area contributed by atoms with Crippen LogP contribution in [0.2, 0.25) is 0 Å². The topological polar surface area (TPSA) is 74.3 Å². The zero-order valence-electron chi connectivity index (χ0n) is 16.3. The molecule has 0 amide bonds. The lowest BCUT2D eigenvalue weighted by molar-refractivity contribution is 0.505. The summed E-state index contributed by atoms with van der Waals surface area (Å²) in [5.41, 5.74) is 2.30. The van der Waals surface area contributed by atoms with Crippen molar-refractivity contribution in [3.63, 3.8) is 0 Å². The van der Waals surface area contributed by atoms with Crippen LogP contribution in [0.4, 0.5) is 5.13 Å². The van der Waals surface area contributed by atoms with Crippen molar-refractivity contribution < 1.29 is 8.42 Å². The quantitative estimate of drug-likeness (QED) is 0.658. The molecule has 3 rings (SSSR count). The van der Waals surface area contributed by atoms with Crippen molar-refractivity contribution in [1.29, 1.82) is 0 Å². The van der Waals surface area contributed by atoms with Gasteiger partial charge in [-0.25, -0.2) is 9.71 Å². The SMILES string of the molecule is CC.CN(C)S(=O)(=O)NCCCNc1nc2c(s1)CCSc1ccccc1-2. The fourth-order valence-corrected chi connectivity index (χ4v) is 5.27. The summed E-state index contributed by atoms with van der Waals surface area (Å²) in [5.74, 6) is 1.07. The van der Waals surface area contributed by atoms with Gasteiger partial charge in [0.25, 0.3) is 10.2 Å². The Morgan fingerprint density at radius 3 is 2.67 bits per heavy atom. The number of nitrogens with zero attached hydrogens (tertiary/aromatic N) is 2. The Kier molecular flexibility index (Phi) is 8.56. The van der Waals surface area contributed by atoms with E-state index < -0.39 is 10.2 Å². The molecule has 0 saturated carbocycles. The molecular formula is C18H28N4O2S3. The molecule has 0 radical (unpaired) electrons. The Hall–Kier alpha value is -1.13. The van der Waals surface area contributed by atoms with E-state index in [0.717, 1.165) is 23.0 Å². The molecule has 27 heavy (non-hydrogen) atoms. The van der Waals surface area contributed by atoms with Crippen molar-refractivity contribution in [3.8, 4) is 11.3 Å². The summed E-state index contributed by atoms with van der Waals surface area (Å²) >= 11 is 3.58. The number of aromatic nitrogens is 1. The number of benzene rings is 1. The standard InChI is InChI=1S/C16H22N4O2S3.C2H6/c1-20(2)25(21,22)18-10-5-9-17-16-19-15-12-6-3-4-7-13(12)23-11-8-14(15)24-16;1-2/h3-4,6-7,18H,5,8-11H2,1-2H3,(H,17,19);1-2H3. The van der Waals surface area contributed by atoms with Crippen molar-refractivity contribution in [2.75, 3.05) is 38.3 Å². The first-order valence-corrected chi connectivity index (χ1v) is 12.3. The molecule has 0 unspecified atom stereocenters. The van der Waals surface area contributed by atoms with Crippen LogP contribution in [-0.2, 0) is 16.6 Å². The number of anilines is 1. The van der Waals surface area contributed by atoms with Gasteiger partial charge in [-0.05, 0) is 18.9 Å². The van der Waals surface area contributed by atoms with Crippen LogP contribution in [-0.4, -0.2) is 50.6 Å². The highest BCUT2D eigenvalue weighted by Gasteiger charge is 2.19. The highest BCUT2D eigenvalue weighted by Crippen LogP contribution is 2.40. The molecule has 0 aliphatic carbocycles. The number of thioether (sulfide) groups is 1. The van der Waals surface area contributed by atoms with E-state index in [1.807, 2.05) is 25.6 Å². The lowest BCUT2D eigenvalue weighted by Crippen LogP contribution is -2.36. The van der Waals surface area contributed by atoms with Crippen molar-refractivity contribution in [1.82, 2.24) is 14.0 Å². The normalized spacial score (nSPS) is 13.2. The lowest BCUT2D eigenvalue weighted by atomic mass is 10.1. The third-order valence-corrected chi connectivity index (χ3v) is 7.50. The van der Waals surface area contributed by atoms with Crippen molar-refractivity contribution in [2.24, 2.45) is 0 Å². The fraction of sp³-hybridized carbons (Fsp3) is 0.500. The van der Waals surface area contributed by atoms with Crippen molar-refractivity contribution in [3.05, 3.63) is 29.1 Å². The number of fused-ring (bicyclic) bond motifs is 3. The highest BCUT2D eigenvalue weighted by atomic mass is 32.2. The summed E-state index contributed by atoms with van der Waals surface area (Å²) in [5, 5.41) is 4.23. The molecule has 1 aliphatic heterocycles. The van der Waals surface area contributed by atoms with Crippen LogP contribution in [0.15, 0.2) is 29.2 Å². The highest BCUT2D eigenvalue weighted by molar-refractivity contribution is 7.99. The smallest absolute Gasteiger partial charge is 0.278 e. The van der Waals surface area contributed by atoms with Crippen LogP contribution >= 0.6 is 23.1 Å². The summed E-state index contributed by atoms with van der Waals surface area (Å²) < 4.78 is 27.0. The second-order valence-corrected chi connectivity index (χ2v) is 10.0. The van der Waals surface area contributed by atoms with Gasteiger partial charge in [-0.2, -0.15) is 12.7 Å². The molecule has 2 N–H and O–H groups in total. The molecule has 2 aromatic rings. The molecule has 0 bridgehead atoms. The predicted octanol–water partition coefficient (Wildman–Crippen LogP) is 3.68. The van der Waals surface area contributed by atoms with Gasteiger partial charge in [-0.3, -0.25) is 0 Å². The Balaban J connectivity index is 0.00000126. The molecule has 6 nitrogen and oxygen atoms in total. The van der Waals surface area contributed by atoms with E-state index in [1.165, 1.54) is 33.7 Å². The molecule has 1 aliphatic rings. The van der Waals surface area contributed by atoms with Crippen LogP contribution in [0.1, 0.15) is 25.1 Å². The lowest BCUT2D eigenvalue weighted by Gasteiger charge is -2.12. The Bertz CT molecular complexity index is 835. The molecule has 0 saturated heterocycles. The minimum atomic E-state index is -3.34. The van der Waals surface area contributed by atoms with E-state index >= 15 is 0 Å². The molecular weight excluding hydrogens is 400 g/mol. The number of nitrogens with one attached hydrogen (secondary N) is 2. The Morgan fingerprint density at radius 1 is 1.19 bits per heavy atom. The van der Waals surface area contributed by atoms with Gasteiger partial charge in [-0.15, -0.1) is 23.1 Å². The van der Waals surface area contributed by atoms with Crippen LogP contribution in [0.25, 0.3) is 11.3 Å². The summed E-state index contributed by atoms with van der Waals surface area (Å²) in [7, 11) is -0.316. The van der Waals surface area contributed by atoms with E-state index in [9.17, 15) is 8.42 Å². The maximum atomic E-state index is 11.6. The summed E-state index contributed by atoms with van der Waals surface area (Å²) in [6.07, 6.45) is 1.72. The number of rotatable bonds is 7. The van der Waals surface area contributed by atoms with E-state index in [-0.39, 0.29) is 0 Å². The molecule has 2 heterocycles. The number of thiazole rings is 1. The van der Waals surface area contributed by atoms with Gasteiger partial charge in [0.05, 0.1) is 5.69 Å². The minimum absolute atomic E-state index is 0.401. The zero-order chi connectivity index (χ0) is 19.9. The van der Waals surface area contributed by atoms with Crippen LogP contribution in [0.3, 0.4) is 0 Å². The minimum Gasteiger partial charge on any atom is -0.361 e. The number of hydrogen-bond acceptors (Lipinski definition) is 6. The van der Waals surface area contributed by atoms with Gasteiger partial charge >= 0.3 is 0 Å². The van der Waals surface area contributed by atoms with Crippen LogP contribution in [0.5, 0.6) is 0 Å². The maximum absolute atomic E-state index is 11.6. The first-order chi connectivity index (χ1) is 13.0. The van der Waals surface area contributed by atoms with Crippen molar-refractivity contribution >= 4 is 38.4 Å². The first-order valence-electron chi connectivity index (χ1n) is 9.10. The fourth-order valence-electron chi connectivity index (χ4n) is 2.46. The van der Waals surface area contributed by atoms with E-state index in [2.05, 4.69) is 34.3 Å². The third-order valence-electron chi connectivity index (χ3n) is 3.82. The van der Waals surface area contributed by atoms with Gasteiger partial charge in [0.2, 0.25) is 0 Å². The monoisotopic (exact) mass is 428 g/mol. The van der Waals surface area contributed by atoms with Gasteiger partial charge in [0.15, 0.2) is 5.13 Å². The van der Waals surface area contributed by atoms with Gasteiger partial charge in [0.1, 0.15) is 0 Å². The molecule has 150 valence electrons. The van der Waals surface area contributed by atoms with Crippen LogP contribution in [0, 0.1) is 0 Å². The van der Waals surface area contributed by atoms with E-state index in [1.54, 1.807) is 11.3 Å². The average molecular weight is 429 g/mol. The predicted molar refractivity (Wildman–Crippen MR) is 117 cm³/mol. The molecule has 0 fully saturated rings. The molecule has 0 spiro atoms. The molecule has 0 atom stereocenters. The first kappa shape index (κ1) is 22.2. The number of hydrogen-bond donors (Lipinski definition) is 2. The summed E-state index contributed by atoms with van der Waals surface area (Å²) in [4.78, 5) is 7.38. The largest absolute Gasteiger partial charge is 0.361 e. The second-order valence-electron chi connectivity index (χ2n) is 5.85. The Labute approximate surface area is 171 Å². The summed E-state index contributed by atoms with van der Waals surface area (Å²) in [6, 6.07) is 8.40. The molecule has 9 heteroatoms. The Morgan fingerprint density at radius 2 is 1.93 bits per heavy atom. The number of aryl methyl sites for hydroxylation is 1. The van der Waals surface area contributed by atoms with Gasteiger partial charge < -0.3 is 5.32 Å². The van der Waals surface area contributed by atoms with Gasteiger partial charge in [0, 0.05) is 48.3 Å². The molecule has 1 aromatic heterocycles. The zero-order valence-corrected chi connectivity index (χ0v) is 18.7.